The van der Waals surface area contributed by atoms with Crippen LogP contribution in [0.5, 0.6) is 5.75 Å². The maximum Gasteiger partial charge on any atom is 0.407 e. The van der Waals surface area contributed by atoms with Crippen LogP contribution in [0.1, 0.15) is 23.5 Å². The molecule has 31 heavy (non-hydrogen) atoms. The van der Waals surface area contributed by atoms with Crippen LogP contribution in [-0.2, 0) is 11.3 Å². The first-order valence-corrected chi connectivity index (χ1v) is 10.6. The molecule has 1 amide bonds. The molecule has 1 aliphatic heterocycles. The summed E-state index contributed by atoms with van der Waals surface area (Å²) in [6, 6.07) is 22.5. The minimum Gasteiger partial charge on any atom is -0.492 e. The van der Waals surface area contributed by atoms with Gasteiger partial charge in [0.1, 0.15) is 12.4 Å². The third kappa shape index (κ3) is 5.16. The SMILES string of the molecule is NCCOc1ccc(C2CCN(C(=O)O)CC2OCc2ccc3ccccc3c2)cc1. The molecule has 1 heterocycles. The molecule has 6 nitrogen and oxygen atoms in total. The molecule has 3 aromatic rings. The van der Waals surface area contributed by atoms with E-state index in [1.54, 1.807) is 0 Å². The largest absolute Gasteiger partial charge is 0.492 e. The van der Waals surface area contributed by atoms with Gasteiger partial charge in [-0.2, -0.15) is 0 Å². The molecular formula is C25H28N2O4. The summed E-state index contributed by atoms with van der Waals surface area (Å²) in [4.78, 5) is 13.0. The molecule has 3 N–H and O–H groups in total. The van der Waals surface area contributed by atoms with E-state index < -0.39 is 6.09 Å². The molecule has 162 valence electrons. The van der Waals surface area contributed by atoms with Crippen molar-refractivity contribution in [1.29, 1.82) is 0 Å². The Balaban J connectivity index is 1.49. The van der Waals surface area contributed by atoms with Gasteiger partial charge >= 0.3 is 6.09 Å². The van der Waals surface area contributed by atoms with E-state index in [0.717, 1.165) is 23.3 Å². The van der Waals surface area contributed by atoms with Gasteiger partial charge in [0.25, 0.3) is 0 Å². The van der Waals surface area contributed by atoms with E-state index in [0.29, 0.717) is 32.8 Å². The molecule has 1 saturated heterocycles. The van der Waals surface area contributed by atoms with Gasteiger partial charge in [-0.3, -0.25) is 0 Å². The van der Waals surface area contributed by atoms with E-state index >= 15 is 0 Å². The Labute approximate surface area is 182 Å². The average molecular weight is 421 g/mol. The fourth-order valence-electron chi connectivity index (χ4n) is 4.16. The van der Waals surface area contributed by atoms with Crippen molar-refractivity contribution in [3.63, 3.8) is 0 Å². The molecule has 3 aromatic carbocycles. The van der Waals surface area contributed by atoms with Crippen LogP contribution in [0, 0.1) is 0 Å². The second kappa shape index (κ2) is 9.81. The van der Waals surface area contributed by atoms with Crippen LogP contribution in [0.15, 0.2) is 66.7 Å². The highest BCUT2D eigenvalue weighted by Gasteiger charge is 2.33. The Morgan fingerprint density at radius 2 is 1.84 bits per heavy atom. The molecule has 4 rings (SSSR count). The number of nitrogens with two attached hydrogens (primary N) is 1. The molecular weight excluding hydrogens is 392 g/mol. The Hall–Kier alpha value is -3.09. The topological polar surface area (TPSA) is 85.0 Å². The fraction of sp³-hybridized carbons (Fsp3) is 0.320. The minimum atomic E-state index is -0.900. The van der Waals surface area contributed by atoms with Gasteiger partial charge in [-0.25, -0.2) is 4.79 Å². The van der Waals surface area contributed by atoms with E-state index in [4.69, 9.17) is 15.2 Å². The maximum atomic E-state index is 11.6. The lowest BCUT2D eigenvalue weighted by Gasteiger charge is -2.37. The summed E-state index contributed by atoms with van der Waals surface area (Å²) in [5.74, 6) is 0.908. The van der Waals surface area contributed by atoms with Gasteiger partial charge in [-0.15, -0.1) is 0 Å². The first kappa shape index (κ1) is 21.2. The first-order chi connectivity index (χ1) is 15.1. The standard InChI is InChI=1S/C25H28N2O4/c26-12-14-30-22-9-7-20(8-10-22)23-11-13-27(25(28)29)16-24(23)31-17-18-5-6-19-3-1-2-4-21(19)15-18/h1-10,15,23-24H,11-14,16-17,26H2,(H,28,29). The smallest absolute Gasteiger partial charge is 0.407 e. The lowest BCUT2D eigenvalue weighted by Crippen LogP contribution is -2.46. The second-order valence-corrected chi connectivity index (χ2v) is 7.86. The highest BCUT2D eigenvalue weighted by Crippen LogP contribution is 2.32. The highest BCUT2D eigenvalue weighted by atomic mass is 16.5. The number of benzene rings is 3. The molecule has 0 saturated carbocycles. The number of amides is 1. The van der Waals surface area contributed by atoms with E-state index in [1.165, 1.54) is 15.7 Å². The molecule has 0 spiro atoms. The van der Waals surface area contributed by atoms with Crippen molar-refractivity contribution >= 4 is 16.9 Å². The zero-order valence-corrected chi connectivity index (χ0v) is 17.4. The Morgan fingerprint density at radius 1 is 1.06 bits per heavy atom. The summed E-state index contributed by atoms with van der Waals surface area (Å²) < 4.78 is 11.9. The normalized spacial score (nSPS) is 18.8. The van der Waals surface area contributed by atoms with Gasteiger partial charge in [0.2, 0.25) is 0 Å². The Morgan fingerprint density at radius 3 is 2.58 bits per heavy atom. The maximum absolute atomic E-state index is 11.6. The third-order valence-electron chi connectivity index (χ3n) is 5.80. The van der Waals surface area contributed by atoms with E-state index in [1.807, 2.05) is 36.4 Å². The second-order valence-electron chi connectivity index (χ2n) is 7.86. The van der Waals surface area contributed by atoms with Gasteiger partial charge in [0, 0.05) is 19.0 Å². The van der Waals surface area contributed by atoms with Crippen LogP contribution < -0.4 is 10.5 Å². The van der Waals surface area contributed by atoms with Crippen molar-refractivity contribution in [3.8, 4) is 5.75 Å². The van der Waals surface area contributed by atoms with Crippen LogP contribution in [-0.4, -0.2) is 48.4 Å². The molecule has 1 aliphatic rings. The highest BCUT2D eigenvalue weighted by molar-refractivity contribution is 5.82. The number of carboxylic acid groups (broad SMARTS) is 1. The van der Waals surface area contributed by atoms with Crippen LogP contribution in [0.2, 0.25) is 0 Å². The third-order valence-corrected chi connectivity index (χ3v) is 5.80. The number of nitrogens with zero attached hydrogens (tertiary/aromatic N) is 1. The summed E-state index contributed by atoms with van der Waals surface area (Å²) in [6.45, 7) is 2.26. The number of hydrogen-bond acceptors (Lipinski definition) is 4. The Kier molecular flexibility index (Phi) is 6.70. The number of carbonyl (C=O) groups is 1. The van der Waals surface area contributed by atoms with Gasteiger partial charge < -0.3 is 25.2 Å². The van der Waals surface area contributed by atoms with E-state index in [-0.39, 0.29) is 12.0 Å². The van der Waals surface area contributed by atoms with Gasteiger partial charge in [0.05, 0.1) is 19.3 Å². The summed E-state index contributed by atoms with van der Waals surface area (Å²) in [6.07, 6.45) is -0.395. The number of piperidine rings is 1. The zero-order chi connectivity index (χ0) is 21.6. The van der Waals surface area contributed by atoms with Crippen molar-refractivity contribution in [2.24, 2.45) is 5.73 Å². The van der Waals surface area contributed by atoms with Crippen molar-refractivity contribution in [3.05, 3.63) is 77.9 Å². The predicted molar refractivity (Wildman–Crippen MR) is 120 cm³/mol. The number of likely N-dealkylation sites (tertiary alicyclic amines) is 1. The minimum absolute atomic E-state index is 0.125. The quantitative estimate of drug-likeness (QED) is 0.597. The summed E-state index contributed by atoms with van der Waals surface area (Å²) in [5.41, 5.74) is 7.71. The average Bonchev–Trinajstić information content (AvgIpc) is 2.81. The van der Waals surface area contributed by atoms with Crippen molar-refractivity contribution in [2.75, 3.05) is 26.2 Å². The number of hydrogen-bond donors (Lipinski definition) is 2. The molecule has 0 aromatic heterocycles. The fourth-order valence-corrected chi connectivity index (χ4v) is 4.16. The predicted octanol–water partition coefficient (Wildman–Crippen LogP) is 4.23. The Bertz CT molecular complexity index is 1020. The molecule has 1 fully saturated rings. The van der Waals surface area contributed by atoms with Crippen LogP contribution >= 0.6 is 0 Å². The molecule has 0 aliphatic carbocycles. The number of fused-ring (bicyclic) bond motifs is 1. The number of ether oxygens (including phenoxy) is 2. The van der Waals surface area contributed by atoms with Gasteiger partial charge in [-0.05, 0) is 46.5 Å². The molecule has 0 radical (unpaired) electrons. The van der Waals surface area contributed by atoms with Crippen LogP contribution in [0.25, 0.3) is 10.8 Å². The summed E-state index contributed by atoms with van der Waals surface area (Å²) in [5, 5.41) is 11.8. The molecule has 0 bridgehead atoms. The summed E-state index contributed by atoms with van der Waals surface area (Å²) >= 11 is 0. The summed E-state index contributed by atoms with van der Waals surface area (Å²) in [7, 11) is 0. The zero-order valence-electron chi connectivity index (χ0n) is 17.4. The van der Waals surface area contributed by atoms with Gasteiger partial charge in [-0.1, -0.05) is 48.5 Å². The van der Waals surface area contributed by atoms with Crippen LogP contribution in [0.3, 0.4) is 0 Å². The van der Waals surface area contributed by atoms with E-state index in [9.17, 15) is 9.90 Å². The molecule has 2 unspecified atom stereocenters. The van der Waals surface area contributed by atoms with Crippen molar-refractivity contribution in [2.45, 2.75) is 25.0 Å². The first-order valence-electron chi connectivity index (χ1n) is 10.6. The lowest BCUT2D eigenvalue weighted by molar-refractivity contribution is -0.0199. The van der Waals surface area contributed by atoms with Crippen molar-refractivity contribution < 1.29 is 19.4 Å². The number of rotatable bonds is 7. The van der Waals surface area contributed by atoms with E-state index in [2.05, 4.69) is 30.3 Å². The monoisotopic (exact) mass is 420 g/mol. The lowest BCUT2D eigenvalue weighted by atomic mass is 9.87. The van der Waals surface area contributed by atoms with Crippen LogP contribution in [0.4, 0.5) is 4.79 Å². The van der Waals surface area contributed by atoms with Crippen molar-refractivity contribution in [1.82, 2.24) is 4.90 Å². The van der Waals surface area contributed by atoms with Gasteiger partial charge in [0.15, 0.2) is 0 Å². The molecule has 2 atom stereocenters. The molecule has 6 heteroatoms.